The van der Waals surface area contributed by atoms with Gasteiger partial charge in [-0.15, -0.1) is 0 Å². The molecule has 0 spiro atoms. The predicted molar refractivity (Wildman–Crippen MR) is 44.0 cm³/mol. The van der Waals surface area contributed by atoms with Gasteiger partial charge in [-0.1, -0.05) is 11.6 Å². The summed E-state index contributed by atoms with van der Waals surface area (Å²) in [5.41, 5.74) is 0.400. The Balaban J connectivity index is 2.41. The van der Waals surface area contributed by atoms with Crippen LogP contribution >= 0.6 is 11.6 Å². The van der Waals surface area contributed by atoms with Crippen LogP contribution in [-0.2, 0) is 6.18 Å². The lowest BCUT2D eigenvalue weighted by molar-refractivity contribution is -0.145. The van der Waals surface area contributed by atoms with Gasteiger partial charge in [0.05, 0.1) is 0 Å². The van der Waals surface area contributed by atoms with E-state index in [1.54, 1.807) is 0 Å². The highest BCUT2D eigenvalue weighted by Crippen LogP contribution is 2.40. The minimum Gasteiger partial charge on any atom is -0.229 e. The standard InChI is InChI=1S/C8H6ClF3N2/c9-6-3-5(4-1-2-4)13-7(14-6)8(10,11)12/h3-4H,1-2H2. The Morgan fingerprint density at radius 3 is 2.43 bits per heavy atom. The van der Waals surface area contributed by atoms with Gasteiger partial charge in [0.2, 0.25) is 5.82 Å². The van der Waals surface area contributed by atoms with E-state index in [1.165, 1.54) is 6.07 Å². The van der Waals surface area contributed by atoms with Crippen molar-refractivity contribution < 1.29 is 13.2 Å². The lowest BCUT2D eigenvalue weighted by atomic mass is 10.3. The van der Waals surface area contributed by atoms with E-state index in [0.29, 0.717) is 5.69 Å². The summed E-state index contributed by atoms with van der Waals surface area (Å²) in [4.78, 5) is 6.59. The maximum Gasteiger partial charge on any atom is 0.451 e. The van der Waals surface area contributed by atoms with Crippen molar-refractivity contribution >= 4 is 11.6 Å². The SMILES string of the molecule is FC(F)(F)c1nc(Cl)cc(C2CC2)n1. The van der Waals surface area contributed by atoms with Crippen LogP contribution < -0.4 is 0 Å². The van der Waals surface area contributed by atoms with Gasteiger partial charge >= 0.3 is 6.18 Å². The van der Waals surface area contributed by atoms with E-state index in [4.69, 9.17) is 11.6 Å². The summed E-state index contributed by atoms with van der Waals surface area (Å²) < 4.78 is 36.7. The summed E-state index contributed by atoms with van der Waals surface area (Å²) in [6.07, 6.45) is -2.76. The van der Waals surface area contributed by atoms with Crippen LogP contribution in [0.1, 0.15) is 30.3 Å². The smallest absolute Gasteiger partial charge is 0.229 e. The van der Waals surface area contributed by atoms with Crippen molar-refractivity contribution in [2.45, 2.75) is 24.9 Å². The highest BCUT2D eigenvalue weighted by molar-refractivity contribution is 6.29. The molecule has 1 fully saturated rings. The normalized spacial score (nSPS) is 17.1. The molecule has 1 aliphatic rings. The monoisotopic (exact) mass is 222 g/mol. The van der Waals surface area contributed by atoms with Crippen molar-refractivity contribution in [3.8, 4) is 0 Å². The highest BCUT2D eigenvalue weighted by Gasteiger charge is 2.37. The number of rotatable bonds is 1. The van der Waals surface area contributed by atoms with Gasteiger partial charge in [0.25, 0.3) is 0 Å². The summed E-state index contributed by atoms with van der Waals surface area (Å²) >= 11 is 5.48. The fourth-order valence-corrected chi connectivity index (χ4v) is 1.34. The molecule has 1 aliphatic carbocycles. The molecule has 1 aromatic rings. The zero-order valence-electron chi connectivity index (χ0n) is 6.98. The molecule has 0 atom stereocenters. The van der Waals surface area contributed by atoms with Crippen LogP contribution in [0.5, 0.6) is 0 Å². The number of hydrogen-bond donors (Lipinski definition) is 0. The second-order valence-electron chi connectivity index (χ2n) is 3.21. The predicted octanol–water partition coefficient (Wildman–Crippen LogP) is 3.03. The second-order valence-corrected chi connectivity index (χ2v) is 3.60. The number of halogens is 4. The van der Waals surface area contributed by atoms with Crippen LogP contribution in [0.2, 0.25) is 5.15 Å². The molecule has 1 aromatic heterocycles. The van der Waals surface area contributed by atoms with Gasteiger partial charge in [0.1, 0.15) is 5.15 Å². The van der Waals surface area contributed by atoms with E-state index < -0.39 is 12.0 Å². The Morgan fingerprint density at radius 1 is 1.29 bits per heavy atom. The molecular formula is C8H6ClF3N2. The average Bonchev–Trinajstić information content (AvgIpc) is 2.83. The van der Waals surface area contributed by atoms with E-state index in [2.05, 4.69) is 9.97 Å². The fourth-order valence-electron chi connectivity index (χ4n) is 1.15. The summed E-state index contributed by atoms with van der Waals surface area (Å²) in [5, 5.41) is -0.144. The van der Waals surface area contributed by atoms with Crippen LogP contribution in [0.15, 0.2) is 6.07 Å². The lowest BCUT2D eigenvalue weighted by Gasteiger charge is -2.06. The maximum absolute atomic E-state index is 12.2. The van der Waals surface area contributed by atoms with E-state index in [1.807, 2.05) is 0 Å². The molecule has 0 bridgehead atoms. The van der Waals surface area contributed by atoms with E-state index >= 15 is 0 Å². The zero-order chi connectivity index (χ0) is 10.3. The number of hydrogen-bond acceptors (Lipinski definition) is 2. The Bertz CT molecular complexity index is 360. The maximum atomic E-state index is 12.2. The van der Waals surface area contributed by atoms with Crippen LogP contribution in [0.4, 0.5) is 13.2 Å². The van der Waals surface area contributed by atoms with Gasteiger partial charge in [0.15, 0.2) is 0 Å². The molecule has 0 N–H and O–H groups in total. The first-order valence-electron chi connectivity index (χ1n) is 4.08. The Labute approximate surface area is 83.1 Å². The molecule has 14 heavy (non-hydrogen) atoms. The first-order valence-corrected chi connectivity index (χ1v) is 4.46. The molecule has 0 aromatic carbocycles. The molecule has 0 unspecified atom stereocenters. The minimum atomic E-state index is -4.52. The molecule has 0 saturated heterocycles. The molecule has 6 heteroatoms. The average molecular weight is 223 g/mol. The third-order valence-corrected chi connectivity index (χ3v) is 2.16. The largest absolute Gasteiger partial charge is 0.451 e. The van der Waals surface area contributed by atoms with Crippen LogP contribution in [-0.4, -0.2) is 9.97 Å². The molecule has 2 rings (SSSR count). The summed E-state index contributed by atoms with van der Waals surface area (Å²) in [6, 6.07) is 1.40. The summed E-state index contributed by atoms with van der Waals surface area (Å²) in [6.45, 7) is 0. The highest BCUT2D eigenvalue weighted by atomic mass is 35.5. The quantitative estimate of drug-likeness (QED) is 0.683. The Morgan fingerprint density at radius 2 is 1.93 bits per heavy atom. The zero-order valence-corrected chi connectivity index (χ0v) is 7.73. The number of aromatic nitrogens is 2. The summed E-state index contributed by atoms with van der Waals surface area (Å²) in [5.74, 6) is -1.01. The molecule has 1 heterocycles. The van der Waals surface area contributed by atoms with E-state index in [-0.39, 0.29) is 11.1 Å². The molecule has 1 saturated carbocycles. The van der Waals surface area contributed by atoms with Crippen LogP contribution in [0, 0.1) is 0 Å². The third kappa shape index (κ3) is 1.97. The van der Waals surface area contributed by atoms with Gasteiger partial charge in [-0.25, -0.2) is 9.97 Å². The molecule has 2 nitrogen and oxygen atoms in total. The number of alkyl halides is 3. The van der Waals surface area contributed by atoms with Crippen LogP contribution in [0.3, 0.4) is 0 Å². The fraction of sp³-hybridized carbons (Fsp3) is 0.500. The van der Waals surface area contributed by atoms with Gasteiger partial charge in [0, 0.05) is 11.6 Å². The molecule has 0 radical (unpaired) electrons. The van der Waals surface area contributed by atoms with Gasteiger partial charge in [-0.3, -0.25) is 0 Å². The second kappa shape index (κ2) is 3.08. The third-order valence-electron chi connectivity index (χ3n) is 1.96. The van der Waals surface area contributed by atoms with Crippen molar-refractivity contribution in [2.24, 2.45) is 0 Å². The molecular weight excluding hydrogens is 217 g/mol. The van der Waals surface area contributed by atoms with Crippen molar-refractivity contribution in [3.05, 3.63) is 22.7 Å². The Hall–Kier alpha value is -0.840. The van der Waals surface area contributed by atoms with Gasteiger partial charge in [-0.05, 0) is 18.9 Å². The first-order chi connectivity index (χ1) is 6.47. The van der Waals surface area contributed by atoms with Crippen LogP contribution in [0.25, 0.3) is 0 Å². The molecule has 0 aliphatic heterocycles. The topological polar surface area (TPSA) is 25.8 Å². The van der Waals surface area contributed by atoms with Crippen molar-refractivity contribution in [2.75, 3.05) is 0 Å². The summed E-state index contributed by atoms with van der Waals surface area (Å²) in [7, 11) is 0. The van der Waals surface area contributed by atoms with Crippen molar-refractivity contribution in [1.82, 2.24) is 9.97 Å². The van der Waals surface area contributed by atoms with Crippen molar-refractivity contribution in [1.29, 1.82) is 0 Å². The lowest BCUT2D eigenvalue weighted by Crippen LogP contribution is -2.12. The molecule has 0 amide bonds. The first kappa shape index (κ1) is 9.71. The van der Waals surface area contributed by atoms with Gasteiger partial charge in [-0.2, -0.15) is 13.2 Å². The van der Waals surface area contributed by atoms with E-state index in [0.717, 1.165) is 12.8 Å². The van der Waals surface area contributed by atoms with E-state index in [9.17, 15) is 13.2 Å². The van der Waals surface area contributed by atoms with Gasteiger partial charge < -0.3 is 0 Å². The molecule has 76 valence electrons. The number of nitrogens with zero attached hydrogens (tertiary/aromatic N) is 2. The van der Waals surface area contributed by atoms with Crippen molar-refractivity contribution in [3.63, 3.8) is 0 Å². The Kier molecular flexibility index (Phi) is 2.14. The minimum absolute atomic E-state index is 0.136.